The monoisotopic (exact) mass is 283 g/mol. The summed E-state index contributed by atoms with van der Waals surface area (Å²) in [5, 5.41) is 3.03. The van der Waals surface area contributed by atoms with Gasteiger partial charge in [-0.15, -0.1) is 0 Å². The van der Waals surface area contributed by atoms with Crippen LogP contribution >= 0.6 is 11.6 Å². The summed E-state index contributed by atoms with van der Waals surface area (Å²) in [7, 11) is 1.54. The number of hydrogen-bond donors (Lipinski definition) is 2. The molecule has 0 saturated carbocycles. The first-order valence-electron chi connectivity index (χ1n) is 5.91. The summed E-state index contributed by atoms with van der Waals surface area (Å²) in [4.78, 5) is 25.0. The SMILES string of the molecule is CC(C)NC(=O)CN(C)C(=O)c1cc(N)ccc1Cl. The number of carbonyl (C=O) groups is 2. The molecule has 0 unspecified atom stereocenters. The Kier molecular flexibility index (Phi) is 5.18. The van der Waals surface area contributed by atoms with E-state index in [1.54, 1.807) is 19.2 Å². The maximum absolute atomic E-state index is 12.1. The van der Waals surface area contributed by atoms with Gasteiger partial charge in [-0.1, -0.05) is 11.6 Å². The molecule has 0 spiro atoms. The highest BCUT2D eigenvalue weighted by atomic mass is 35.5. The summed E-state index contributed by atoms with van der Waals surface area (Å²) in [5.41, 5.74) is 6.37. The average Bonchev–Trinajstić information content (AvgIpc) is 2.30. The Morgan fingerprint density at radius 2 is 2.05 bits per heavy atom. The minimum Gasteiger partial charge on any atom is -0.399 e. The predicted molar refractivity (Wildman–Crippen MR) is 76.1 cm³/mol. The van der Waals surface area contributed by atoms with Gasteiger partial charge in [0.1, 0.15) is 0 Å². The zero-order valence-electron chi connectivity index (χ0n) is 11.2. The highest BCUT2D eigenvalue weighted by Gasteiger charge is 2.18. The van der Waals surface area contributed by atoms with E-state index in [9.17, 15) is 9.59 Å². The van der Waals surface area contributed by atoms with Crippen LogP contribution in [-0.4, -0.2) is 36.3 Å². The zero-order valence-corrected chi connectivity index (χ0v) is 12.0. The lowest BCUT2D eigenvalue weighted by Gasteiger charge is -2.18. The molecule has 3 N–H and O–H groups in total. The molecule has 6 heteroatoms. The van der Waals surface area contributed by atoms with Gasteiger partial charge in [-0.25, -0.2) is 0 Å². The van der Waals surface area contributed by atoms with Crippen LogP contribution in [0.1, 0.15) is 24.2 Å². The number of nitrogens with one attached hydrogen (secondary N) is 1. The van der Waals surface area contributed by atoms with E-state index in [4.69, 9.17) is 17.3 Å². The van der Waals surface area contributed by atoms with Crippen molar-refractivity contribution in [3.8, 4) is 0 Å². The van der Waals surface area contributed by atoms with E-state index in [0.717, 1.165) is 0 Å². The van der Waals surface area contributed by atoms with Crippen molar-refractivity contribution in [3.63, 3.8) is 0 Å². The molecule has 2 amide bonds. The van der Waals surface area contributed by atoms with Gasteiger partial charge in [0.15, 0.2) is 0 Å². The molecule has 0 aliphatic carbocycles. The highest BCUT2D eigenvalue weighted by molar-refractivity contribution is 6.34. The summed E-state index contributed by atoms with van der Waals surface area (Å²) in [6.07, 6.45) is 0. The molecule has 0 aromatic heterocycles. The van der Waals surface area contributed by atoms with E-state index < -0.39 is 0 Å². The number of carbonyl (C=O) groups excluding carboxylic acids is 2. The number of nitrogen functional groups attached to an aromatic ring is 1. The third kappa shape index (κ3) is 4.44. The van der Waals surface area contributed by atoms with Crippen LogP contribution in [0.25, 0.3) is 0 Å². The number of benzene rings is 1. The lowest BCUT2D eigenvalue weighted by atomic mass is 10.2. The third-order valence-electron chi connectivity index (χ3n) is 2.40. The second kappa shape index (κ2) is 6.43. The van der Waals surface area contributed by atoms with Crippen LogP contribution in [0.2, 0.25) is 5.02 Å². The predicted octanol–water partition coefficient (Wildman–Crippen LogP) is 1.52. The smallest absolute Gasteiger partial charge is 0.255 e. The molecule has 104 valence electrons. The van der Waals surface area contributed by atoms with Crippen LogP contribution in [-0.2, 0) is 4.79 Å². The zero-order chi connectivity index (χ0) is 14.6. The Morgan fingerprint density at radius 1 is 1.42 bits per heavy atom. The van der Waals surface area contributed by atoms with Crippen LogP contribution in [0.15, 0.2) is 18.2 Å². The molecular formula is C13H18ClN3O2. The third-order valence-corrected chi connectivity index (χ3v) is 2.73. The van der Waals surface area contributed by atoms with Crippen LogP contribution in [0.4, 0.5) is 5.69 Å². The number of nitrogens with two attached hydrogens (primary N) is 1. The van der Waals surface area contributed by atoms with E-state index in [2.05, 4.69) is 5.32 Å². The van der Waals surface area contributed by atoms with Crippen LogP contribution in [0.3, 0.4) is 0 Å². The Labute approximate surface area is 117 Å². The van der Waals surface area contributed by atoms with Gasteiger partial charge < -0.3 is 16.0 Å². The molecule has 0 fully saturated rings. The quantitative estimate of drug-likeness (QED) is 0.823. The summed E-state index contributed by atoms with van der Waals surface area (Å²) < 4.78 is 0. The molecule has 1 aromatic rings. The van der Waals surface area contributed by atoms with E-state index in [1.807, 2.05) is 13.8 Å². The fourth-order valence-corrected chi connectivity index (χ4v) is 1.77. The molecule has 0 aliphatic rings. The normalized spacial score (nSPS) is 10.4. The van der Waals surface area contributed by atoms with Crippen molar-refractivity contribution >= 4 is 29.1 Å². The van der Waals surface area contributed by atoms with Gasteiger partial charge in [0.05, 0.1) is 17.1 Å². The van der Waals surface area contributed by atoms with Gasteiger partial charge in [0, 0.05) is 18.8 Å². The van der Waals surface area contributed by atoms with Crippen LogP contribution < -0.4 is 11.1 Å². The second-order valence-electron chi connectivity index (χ2n) is 4.62. The number of anilines is 1. The van der Waals surface area contributed by atoms with Crippen molar-refractivity contribution in [3.05, 3.63) is 28.8 Å². The van der Waals surface area contributed by atoms with Crippen molar-refractivity contribution in [1.82, 2.24) is 10.2 Å². The minimum atomic E-state index is -0.337. The van der Waals surface area contributed by atoms with Crippen molar-refractivity contribution in [1.29, 1.82) is 0 Å². The second-order valence-corrected chi connectivity index (χ2v) is 5.03. The fraction of sp³-hybridized carbons (Fsp3) is 0.385. The van der Waals surface area contributed by atoms with Crippen LogP contribution in [0, 0.1) is 0 Å². The first-order valence-corrected chi connectivity index (χ1v) is 6.29. The average molecular weight is 284 g/mol. The fourth-order valence-electron chi connectivity index (χ4n) is 1.57. The Balaban J connectivity index is 2.77. The van der Waals surface area contributed by atoms with Crippen molar-refractivity contribution in [2.24, 2.45) is 0 Å². The molecule has 0 radical (unpaired) electrons. The number of rotatable bonds is 4. The Hall–Kier alpha value is -1.75. The summed E-state index contributed by atoms with van der Waals surface area (Å²) in [5.74, 6) is -0.554. The topological polar surface area (TPSA) is 75.4 Å². The molecule has 1 rings (SSSR count). The van der Waals surface area contributed by atoms with E-state index >= 15 is 0 Å². The number of halogens is 1. The number of amides is 2. The molecule has 0 atom stereocenters. The molecule has 0 saturated heterocycles. The van der Waals surface area contributed by atoms with Gasteiger partial charge in [-0.05, 0) is 32.0 Å². The van der Waals surface area contributed by atoms with Crippen molar-refractivity contribution < 1.29 is 9.59 Å². The van der Waals surface area contributed by atoms with Crippen molar-refractivity contribution in [2.45, 2.75) is 19.9 Å². The maximum atomic E-state index is 12.1. The maximum Gasteiger partial charge on any atom is 0.255 e. The van der Waals surface area contributed by atoms with Gasteiger partial charge in [0.2, 0.25) is 5.91 Å². The lowest BCUT2D eigenvalue weighted by Crippen LogP contribution is -2.40. The first kappa shape index (κ1) is 15.3. The van der Waals surface area contributed by atoms with Gasteiger partial charge in [-0.2, -0.15) is 0 Å². The van der Waals surface area contributed by atoms with Gasteiger partial charge >= 0.3 is 0 Å². The lowest BCUT2D eigenvalue weighted by molar-refractivity contribution is -0.122. The first-order chi connectivity index (χ1) is 8.81. The van der Waals surface area contributed by atoms with Crippen molar-refractivity contribution in [2.75, 3.05) is 19.3 Å². The Bertz CT molecular complexity index is 489. The number of likely N-dealkylation sites (N-methyl/N-ethyl adjacent to an activating group) is 1. The molecule has 0 aliphatic heterocycles. The van der Waals surface area contributed by atoms with E-state index in [-0.39, 0.29) is 24.4 Å². The number of hydrogen-bond acceptors (Lipinski definition) is 3. The van der Waals surface area contributed by atoms with E-state index in [1.165, 1.54) is 11.0 Å². The molecule has 1 aromatic carbocycles. The van der Waals surface area contributed by atoms with E-state index in [0.29, 0.717) is 16.3 Å². The summed E-state index contributed by atoms with van der Waals surface area (Å²) in [6.45, 7) is 3.69. The summed E-state index contributed by atoms with van der Waals surface area (Å²) in [6, 6.07) is 4.71. The molecule has 19 heavy (non-hydrogen) atoms. The minimum absolute atomic E-state index is 0.0257. The summed E-state index contributed by atoms with van der Waals surface area (Å²) >= 11 is 5.95. The standard InChI is InChI=1S/C13H18ClN3O2/c1-8(2)16-12(18)7-17(3)13(19)10-6-9(15)4-5-11(10)14/h4-6,8H,7,15H2,1-3H3,(H,16,18). The molecule has 0 heterocycles. The largest absolute Gasteiger partial charge is 0.399 e. The number of nitrogens with zero attached hydrogens (tertiary/aromatic N) is 1. The molecule has 0 bridgehead atoms. The Morgan fingerprint density at radius 3 is 2.63 bits per heavy atom. The molecule has 5 nitrogen and oxygen atoms in total. The van der Waals surface area contributed by atoms with Crippen LogP contribution in [0.5, 0.6) is 0 Å². The molecular weight excluding hydrogens is 266 g/mol. The highest BCUT2D eigenvalue weighted by Crippen LogP contribution is 2.20. The van der Waals surface area contributed by atoms with Gasteiger partial charge in [-0.3, -0.25) is 9.59 Å². The van der Waals surface area contributed by atoms with Gasteiger partial charge in [0.25, 0.3) is 5.91 Å².